The van der Waals surface area contributed by atoms with E-state index in [1.165, 1.54) is 6.92 Å². The van der Waals surface area contributed by atoms with Gasteiger partial charge >= 0.3 is 0 Å². The first kappa shape index (κ1) is 9.74. The Morgan fingerprint density at radius 3 is 2.50 bits per heavy atom. The highest BCUT2D eigenvalue weighted by molar-refractivity contribution is 7.80. The SMILES string of the molecule is CC(O)N[C@@H](CS)C(N)=O. The molecule has 0 aromatic rings. The average Bonchev–Trinajstić information content (AvgIpc) is 1.81. The molecule has 0 aromatic heterocycles. The van der Waals surface area contributed by atoms with Crippen molar-refractivity contribution in [1.29, 1.82) is 0 Å². The molecule has 2 atom stereocenters. The molecule has 0 bridgehead atoms. The van der Waals surface area contributed by atoms with Gasteiger partial charge in [-0.15, -0.1) is 0 Å². The van der Waals surface area contributed by atoms with Crippen LogP contribution in [-0.2, 0) is 4.79 Å². The predicted octanol–water partition coefficient (Wildman–Crippen LogP) is -1.30. The van der Waals surface area contributed by atoms with Crippen LogP contribution in [0.4, 0.5) is 0 Å². The summed E-state index contributed by atoms with van der Waals surface area (Å²) in [5.74, 6) is -0.212. The number of carbonyl (C=O) groups is 1. The number of nitrogens with one attached hydrogen (secondary N) is 1. The monoisotopic (exact) mass is 164 g/mol. The minimum atomic E-state index is -0.732. The molecule has 10 heavy (non-hydrogen) atoms. The predicted molar refractivity (Wildman–Crippen MR) is 41.7 cm³/mol. The van der Waals surface area contributed by atoms with Crippen molar-refractivity contribution < 1.29 is 9.90 Å². The zero-order valence-electron chi connectivity index (χ0n) is 5.74. The number of hydrogen-bond acceptors (Lipinski definition) is 4. The van der Waals surface area contributed by atoms with E-state index in [9.17, 15) is 4.79 Å². The summed E-state index contributed by atoms with van der Waals surface area (Å²) in [6, 6.07) is -0.552. The van der Waals surface area contributed by atoms with Gasteiger partial charge in [-0.2, -0.15) is 12.6 Å². The summed E-state index contributed by atoms with van der Waals surface area (Å²) in [4.78, 5) is 10.5. The lowest BCUT2D eigenvalue weighted by Gasteiger charge is -2.14. The second-order valence-corrected chi connectivity index (χ2v) is 2.35. The lowest BCUT2D eigenvalue weighted by molar-refractivity contribution is -0.120. The summed E-state index contributed by atoms with van der Waals surface area (Å²) < 4.78 is 0. The second kappa shape index (κ2) is 4.54. The van der Waals surface area contributed by atoms with Gasteiger partial charge in [0.25, 0.3) is 0 Å². The normalized spacial score (nSPS) is 16.3. The van der Waals surface area contributed by atoms with Gasteiger partial charge in [-0.05, 0) is 6.92 Å². The quantitative estimate of drug-likeness (QED) is 0.308. The Hall–Kier alpha value is -0.260. The summed E-state index contributed by atoms with van der Waals surface area (Å²) in [6.45, 7) is 1.51. The third-order valence-electron chi connectivity index (χ3n) is 0.968. The molecule has 0 radical (unpaired) electrons. The van der Waals surface area contributed by atoms with Crippen LogP contribution >= 0.6 is 12.6 Å². The molecule has 5 heteroatoms. The molecule has 0 aromatic carbocycles. The molecule has 0 aliphatic rings. The molecule has 0 aliphatic heterocycles. The van der Waals surface area contributed by atoms with Gasteiger partial charge in [0, 0.05) is 5.75 Å². The van der Waals surface area contributed by atoms with Crippen molar-refractivity contribution in [2.75, 3.05) is 5.75 Å². The van der Waals surface area contributed by atoms with Crippen molar-refractivity contribution >= 4 is 18.5 Å². The van der Waals surface area contributed by atoms with Gasteiger partial charge in [0.2, 0.25) is 5.91 Å². The van der Waals surface area contributed by atoms with Gasteiger partial charge in [-0.3, -0.25) is 10.1 Å². The fourth-order valence-corrected chi connectivity index (χ4v) is 0.801. The van der Waals surface area contributed by atoms with Crippen molar-refractivity contribution in [2.45, 2.75) is 19.2 Å². The Labute approximate surface area is 65.2 Å². The minimum absolute atomic E-state index is 0.292. The molecule has 0 saturated carbocycles. The molecule has 1 amide bonds. The van der Waals surface area contributed by atoms with E-state index in [-0.39, 0.29) is 0 Å². The summed E-state index contributed by atoms with van der Waals surface area (Å²) in [6.07, 6.45) is -0.732. The lowest BCUT2D eigenvalue weighted by atomic mass is 10.3. The summed E-state index contributed by atoms with van der Waals surface area (Å²) in [5.41, 5.74) is 4.93. The molecular formula is C5H12N2O2S. The van der Waals surface area contributed by atoms with Crippen molar-refractivity contribution in [1.82, 2.24) is 5.32 Å². The number of carbonyl (C=O) groups excluding carboxylic acids is 1. The highest BCUT2D eigenvalue weighted by Gasteiger charge is 2.13. The molecule has 0 heterocycles. The molecule has 1 unspecified atom stereocenters. The van der Waals surface area contributed by atoms with Gasteiger partial charge in [0.15, 0.2) is 0 Å². The van der Waals surface area contributed by atoms with Crippen molar-refractivity contribution in [3.05, 3.63) is 0 Å². The van der Waals surface area contributed by atoms with E-state index in [4.69, 9.17) is 10.8 Å². The number of aliphatic hydroxyl groups is 1. The van der Waals surface area contributed by atoms with E-state index >= 15 is 0 Å². The maximum atomic E-state index is 10.5. The van der Waals surface area contributed by atoms with Gasteiger partial charge in [0.1, 0.15) is 6.23 Å². The first-order chi connectivity index (χ1) is 4.57. The number of hydrogen-bond donors (Lipinski definition) is 4. The number of nitrogens with two attached hydrogens (primary N) is 1. The Balaban J connectivity index is 3.72. The van der Waals surface area contributed by atoms with Crippen LogP contribution in [0.5, 0.6) is 0 Å². The Morgan fingerprint density at radius 2 is 2.40 bits per heavy atom. The van der Waals surface area contributed by atoms with Crippen molar-refractivity contribution in [3.63, 3.8) is 0 Å². The molecule has 0 spiro atoms. The molecular weight excluding hydrogens is 152 g/mol. The maximum Gasteiger partial charge on any atom is 0.235 e. The molecule has 60 valence electrons. The Kier molecular flexibility index (Phi) is 4.42. The molecule has 4 N–H and O–H groups in total. The van der Waals surface area contributed by atoms with Crippen LogP contribution in [0, 0.1) is 0 Å². The van der Waals surface area contributed by atoms with Crippen LogP contribution < -0.4 is 11.1 Å². The van der Waals surface area contributed by atoms with Crippen molar-refractivity contribution in [3.8, 4) is 0 Å². The van der Waals surface area contributed by atoms with Crippen molar-refractivity contribution in [2.24, 2.45) is 5.73 Å². The zero-order valence-corrected chi connectivity index (χ0v) is 6.64. The van der Waals surface area contributed by atoms with Crippen LogP contribution in [0.1, 0.15) is 6.92 Å². The molecule has 0 saturated heterocycles. The average molecular weight is 164 g/mol. The first-order valence-electron chi connectivity index (χ1n) is 2.92. The second-order valence-electron chi connectivity index (χ2n) is 1.98. The van der Waals surface area contributed by atoms with Gasteiger partial charge in [0.05, 0.1) is 6.04 Å². The minimum Gasteiger partial charge on any atom is -0.379 e. The fourth-order valence-electron chi connectivity index (χ4n) is 0.516. The number of primary amides is 1. The third kappa shape index (κ3) is 3.71. The summed E-state index contributed by atoms with van der Waals surface area (Å²) >= 11 is 3.86. The molecule has 4 nitrogen and oxygen atoms in total. The van der Waals surface area contributed by atoms with E-state index in [0.29, 0.717) is 5.75 Å². The van der Waals surface area contributed by atoms with Crippen LogP contribution in [0.15, 0.2) is 0 Å². The Bertz CT molecular complexity index is 118. The number of rotatable bonds is 4. The topological polar surface area (TPSA) is 75.3 Å². The summed E-state index contributed by atoms with van der Waals surface area (Å²) in [7, 11) is 0. The maximum absolute atomic E-state index is 10.5. The molecule has 0 aliphatic carbocycles. The van der Waals surface area contributed by atoms with Crippen LogP contribution in [0.3, 0.4) is 0 Å². The number of thiol groups is 1. The smallest absolute Gasteiger partial charge is 0.235 e. The third-order valence-corrected chi connectivity index (χ3v) is 1.33. The molecule has 0 fully saturated rings. The highest BCUT2D eigenvalue weighted by atomic mass is 32.1. The van der Waals surface area contributed by atoms with Crippen LogP contribution in [-0.4, -0.2) is 29.0 Å². The van der Waals surface area contributed by atoms with Gasteiger partial charge in [-0.1, -0.05) is 0 Å². The standard InChI is InChI=1S/C5H12N2O2S/c1-3(8)7-4(2-10)5(6)9/h3-4,7-8,10H,2H2,1H3,(H2,6,9)/t3?,4-/m0/s1. The van der Waals surface area contributed by atoms with E-state index in [1.54, 1.807) is 0 Å². The number of amides is 1. The van der Waals surface area contributed by atoms with Gasteiger partial charge < -0.3 is 10.8 Å². The van der Waals surface area contributed by atoms with Gasteiger partial charge in [-0.25, -0.2) is 0 Å². The van der Waals surface area contributed by atoms with Crippen LogP contribution in [0.2, 0.25) is 0 Å². The van der Waals surface area contributed by atoms with E-state index in [1.807, 2.05) is 0 Å². The summed E-state index contributed by atoms with van der Waals surface area (Å²) in [5, 5.41) is 11.3. The number of aliphatic hydroxyl groups excluding tert-OH is 1. The molecule has 0 rings (SSSR count). The fraction of sp³-hybridized carbons (Fsp3) is 0.800. The van der Waals surface area contributed by atoms with E-state index < -0.39 is 18.2 Å². The lowest BCUT2D eigenvalue weighted by Crippen LogP contribution is -2.46. The van der Waals surface area contributed by atoms with Crippen LogP contribution in [0.25, 0.3) is 0 Å². The Morgan fingerprint density at radius 1 is 1.90 bits per heavy atom. The van der Waals surface area contributed by atoms with E-state index in [0.717, 1.165) is 0 Å². The first-order valence-corrected chi connectivity index (χ1v) is 3.55. The largest absolute Gasteiger partial charge is 0.379 e. The van der Waals surface area contributed by atoms with E-state index in [2.05, 4.69) is 17.9 Å². The highest BCUT2D eigenvalue weighted by Crippen LogP contribution is 1.87. The zero-order chi connectivity index (χ0) is 8.15.